The molecule has 0 spiro atoms. The molecule has 1 aliphatic rings. The number of nitrogens with two attached hydrogens (primary N) is 1. The van der Waals surface area contributed by atoms with Gasteiger partial charge in [-0.2, -0.15) is 0 Å². The molecule has 1 aromatic rings. The highest BCUT2D eigenvalue weighted by atomic mass is 35.5. The lowest BCUT2D eigenvalue weighted by Gasteiger charge is -2.27. The van der Waals surface area contributed by atoms with Crippen LogP contribution in [0, 0.1) is 0 Å². The minimum Gasteiger partial charge on any atom is -0.389 e. The summed E-state index contributed by atoms with van der Waals surface area (Å²) in [6.07, 6.45) is 5.19. The Labute approximate surface area is 113 Å². The number of hydrogen-bond acceptors (Lipinski definition) is 2. The third-order valence-corrected chi connectivity index (χ3v) is 4.03. The minimum atomic E-state index is 0.352. The average Bonchev–Trinajstić information content (AvgIpc) is 2.80. The molecule has 0 atom stereocenters. The van der Waals surface area contributed by atoms with Crippen molar-refractivity contribution in [1.29, 1.82) is 0 Å². The fourth-order valence-electron chi connectivity index (χ4n) is 2.43. The lowest BCUT2D eigenvalue weighted by molar-refractivity contribution is 0.653. The summed E-state index contributed by atoms with van der Waals surface area (Å²) >= 11 is 11.1. The third kappa shape index (κ3) is 2.72. The molecule has 0 bridgehead atoms. The zero-order valence-corrected chi connectivity index (χ0v) is 11.5. The molecule has 0 aromatic heterocycles. The van der Waals surface area contributed by atoms with Gasteiger partial charge in [-0.25, -0.2) is 0 Å². The van der Waals surface area contributed by atoms with E-state index in [0.29, 0.717) is 16.1 Å². The molecule has 2 N–H and O–H groups in total. The first-order valence-electron chi connectivity index (χ1n) is 5.92. The third-order valence-electron chi connectivity index (χ3n) is 3.50. The second kappa shape index (κ2) is 5.23. The maximum absolute atomic E-state index is 6.18. The van der Waals surface area contributed by atoms with E-state index in [4.69, 9.17) is 29.6 Å². The van der Waals surface area contributed by atoms with E-state index in [1.54, 1.807) is 0 Å². The van der Waals surface area contributed by atoms with Crippen LogP contribution in [0.15, 0.2) is 18.2 Å². The van der Waals surface area contributed by atoms with E-state index in [-0.39, 0.29) is 0 Å². The Morgan fingerprint density at radius 3 is 2.59 bits per heavy atom. The summed E-state index contributed by atoms with van der Waals surface area (Å²) in [6, 6.07) is 6.54. The quantitative estimate of drug-likeness (QED) is 0.853. The van der Waals surface area contributed by atoms with Crippen LogP contribution in [0.25, 0.3) is 0 Å². The second-order valence-electron chi connectivity index (χ2n) is 4.58. The molecule has 0 amide bonds. The number of anilines is 1. The minimum absolute atomic E-state index is 0.352. The van der Waals surface area contributed by atoms with Gasteiger partial charge in [0.25, 0.3) is 0 Å². The van der Waals surface area contributed by atoms with Gasteiger partial charge in [0.15, 0.2) is 0 Å². The van der Waals surface area contributed by atoms with Crippen molar-refractivity contribution in [2.75, 3.05) is 11.9 Å². The van der Waals surface area contributed by atoms with Crippen LogP contribution in [-0.4, -0.2) is 18.1 Å². The molecule has 4 heteroatoms. The first-order chi connectivity index (χ1) is 8.09. The predicted octanol–water partition coefficient (Wildman–Crippen LogP) is 3.35. The summed E-state index contributed by atoms with van der Waals surface area (Å²) in [5.74, 6) is 0. The van der Waals surface area contributed by atoms with Crippen LogP contribution < -0.4 is 10.6 Å². The van der Waals surface area contributed by atoms with Crippen molar-refractivity contribution in [2.45, 2.75) is 31.7 Å². The van der Waals surface area contributed by atoms with Crippen molar-refractivity contribution >= 4 is 34.5 Å². The van der Waals surface area contributed by atoms with Crippen LogP contribution in [0.3, 0.4) is 0 Å². The van der Waals surface area contributed by atoms with Gasteiger partial charge in [0.2, 0.25) is 0 Å². The Morgan fingerprint density at radius 2 is 2.06 bits per heavy atom. The normalized spacial score (nSPS) is 16.1. The van der Waals surface area contributed by atoms with E-state index in [1.807, 2.05) is 18.2 Å². The summed E-state index contributed by atoms with van der Waals surface area (Å²) in [7, 11) is 2.13. The average molecular weight is 269 g/mol. The highest BCUT2D eigenvalue weighted by Crippen LogP contribution is 2.29. The van der Waals surface area contributed by atoms with Crippen LogP contribution in [0.2, 0.25) is 5.02 Å². The number of nitrogens with zero attached hydrogens (tertiary/aromatic N) is 1. The zero-order valence-electron chi connectivity index (χ0n) is 9.95. The highest BCUT2D eigenvalue weighted by molar-refractivity contribution is 7.80. The molecule has 0 saturated heterocycles. The number of hydrogen-bond donors (Lipinski definition) is 1. The molecular weight excluding hydrogens is 252 g/mol. The molecule has 1 aliphatic carbocycles. The molecule has 17 heavy (non-hydrogen) atoms. The van der Waals surface area contributed by atoms with Gasteiger partial charge in [-0.15, -0.1) is 0 Å². The Bertz CT molecular complexity index is 427. The van der Waals surface area contributed by atoms with Gasteiger partial charge in [-0.3, -0.25) is 0 Å². The molecule has 0 aliphatic heterocycles. The van der Waals surface area contributed by atoms with E-state index >= 15 is 0 Å². The van der Waals surface area contributed by atoms with E-state index in [1.165, 1.54) is 25.7 Å². The van der Waals surface area contributed by atoms with Gasteiger partial charge in [0, 0.05) is 24.3 Å². The highest BCUT2D eigenvalue weighted by Gasteiger charge is 2.20. The summed E-state index contributed by atoms with van der Waals surface area (Å²) in [6.45, 7) is 0. The first kappa shape index (κ1) is 12.7. The Hall–Kier alpha value is -0.800. The number of halogens is 1. The Kier molecular flexibility index (Phi) is 3.89. The van der Waals surface area contributed by atoms with Crippen LogP contribution in [0.5, 0.6) is 0 Å². The molecule has 2 rings (SSSR count). The summed E-state index contributed by atoms with van der Waals surface area (Å²) in [4.78, 5) is 2.66. The first-order valence-corrected chi connectivity index (χ1v) is 6.70. The molecule has 2 nitrogen and oxygen atoms in total. The van der Waals surface area contributed by atoms with Gasteiger partial charge in [-0.05, 0) is 31.0 Å². The summed E-state index contributed by atoms with van der Waals surface area (Å²) in [5, 5.41) is 0.639. The molecule has 92 valence electrons. The summed E-state index contributed by atoms with van der Waals surface area (Å²) < 4.78 is 0. The van der Waals surface area contributed by atoms with Crippen molar-refractivity contribution < 1.29 is 0 Å². The van der Waals surface area contributed by atoms with Crippen molar-refractivity contribution in [3.05, 3.63) is 28.8 Å². The van der Waals surface area contributed by atoms with Crippen molar-refractivity contribution in [3.63, 3.8) is 0 Å². The van der Waals surface area contributed by atoms with E-state index in [0.717, 1.165) is 11.3 Å². The van der Waals surface area contributed by atoms with Crippen molar-refractivity contribution in [1.82, 2.24) is 0 Å². The maximum Gasteiger partial charge on any atom is 0.105 e. The number of rotatable bonds is 3. The van der Waals surface area contributed by atoms with Crippen LogP contribution in [-0.2, 0) is 0 Å². The van der Waals surface area contributed by atoms with Gasteiger partial charge in [0.1, 0.15) is 4.99 Å². The topological polar surface area (TPSA) is 29.3 Å². The van der Waals surface area contributed by atoms with Crippen LogP contribution in [0.4, 0.5) is 5.69 Å². The van der Waals surface area contributed by atoms with Crippen molar-refractivity contribution in [3.8, 4) is 0 Å². The SMILES string of the molecule is CN(c1ccc(C(N)=S)c(Cl)c1)C1CCCC1. The standard InChI is InChI=1S/C13H17ClN2S/c1-16(9-4-2-3-5-9)10-6-7-11(13(15)17)12(14)8-10/h6-9H,2-5H2,1H3,(H2,15,17). The monoisotopic (exact) mass is 268 g/mol. The van der Waals surface area contributed by atoms with E-state index in [2.05, 4.69) is 11.9 Å². The van der Waals surface area contributed by atoms with Crippen LogP contribution >= 0.6 is 23.8 Å². The Morgan fingerprint density at radius 1 is 1.41 bits per heavy atom. The van der Waals surface area contributed by atoms with E-state index < -0.39 is 0 Å². The summed E-state index contributed by atoms with van der Waals surface area (Å²) in [5.41, 5.74) is 7.49. The smallest absolute Gasteiger partial charge is 0.105 e. The molecule has 0 unspecified atom stereocenters. The molecule has 1 aromatic carbocycles. The van der Waals surface area contributed by atoms with Gasteiger partial charge in [-0.1, -0.05) is 36.7 Å². The number of thiocarbonyl (C=S) groups is 1. The molecule has 0 heterocycles. The Balaban J connectivity index is 2.21. The predicted molar refractivity (Wildman–Crippen MR) is 78.0 cm³/mol. The molecule has 0 radical (unpaired) electrons. The molecule has 1 fully saturated rings. The van der Waals surface area contributed by atoms with Crippen molar-refractivity contribution in [2.24, 2.45) is 5.73 Å². The molecular formula is C13H17ClN2S. The molecule has 1 saturated carbocycles. The van der Waals surface area contributed by atoms with E-state index in [9.17, 15) is 0 Å². The lowest BCUT2D eigenvalue weighted by Crippen LogP contribution is -2.28. The fraction of sp³-hybridized carbons (Fsp3) is 0.462. The largest absolute Gasteiger partial charge is 0.389 e. The van der Waals surface area contributed by atoms with Gasteiger partial charge >= 0.3 is 0 Å². The van der Waals surface area contributed by atoms with Crippen LogP contribution in [0.1, 0.15) is 31.2 Å². The maximum atomic E-state index is 6.18. The zero-order chi connectivity index (χ0) is 12.4. The lowest BCUT2D eigenvalue weighted by atomic mass is 10.1. The second-order valence-corrected chi connectivity index (χ2v) is 5.42. The van der Waals surface area contributed by atoms with Gasteiger partial charge in [0.05, 0.1) is 5.02 Å². The number of benzene rings is 1. The fourth-order valence-corrected chi connectivity index (χ4v) is 2.94. The van der Waals surface area contributed by atoms with Gasteiger partial charge < -0.3 is 10.6 Å².